The minimum atomic E-state index is 0.510. The highest BCUT2D eigenvalue weighted by Crippen LogP contribution is 2.46. The van der Waals surface area contributed by atoms with Gasteiger partial charge in [0, 0.05) is 24.5 Å². The third-order valence-corrected chi connectivity index (χ3v) is 9.92. The second-order valence-corrected chi connectivity index (χ2v) is 12.4. The van der Waals surface area contributed by atoms with E-state index in [-0.39, 0.29) is 0 Å². The van der Waals surface area contributed by atoms with Gasteiger partial charge in [-0.3, -0.25) is 9.98 Å². The van der Waals surface area contributed by atoms with E-state index in [0.717, 1.165) is 5.56 Å². The first-order valence-electron chi connectivity index (χ1n) is 15.3. The summed E-state index contributed by atoms with van der Waals surface area (Å²) in [5.41, 5.74) is 8.99. The van der Waals surface area contributed by atoms with E-state index in [4.69, 9.17) is 4.99 Å². The van der Waals surface area contributed by atoms with E-state index < -0.39 is 0 Å². The fourth-order valence-electron chi connectivity index (χ4n) is 7.62. The highest BCUT2D eigenvalue weighted by molar-refractivity contribution is 6.29. The van der Waals surface area contributed by atoms with Crippen molar-refractivity contribution in [2.75, 3.05) is 0 Å². The minimum Gasteiger partial charge on any atom is -0.289 e. The van der Waals surface area contributed by atoms with Crippen molar-refractivity contribution in [1.82, 2.24) is 4.98 Å². The van der Waals surface area contributed by atoms with Crippen LogP contribution >= 0.6 is 0 Å². The molecule has 2 unspecified atom stereocenters. The number of fused-ring (bicyclic) bond motifs is 1. The van der Waals surface area contributed by atoms with Crippen molar-refractivity contribution < 1.29 is 0 Å². The summed E-state index contributed by atoms with van der Waals surface area (Å²) in [6.45, 7) is 0. The van der Waals surface area contributed by atoms with Crippen LogP contribution in [0.25, 0.3) is 60.1 Å². The number of aliphatic imine (C=N–C) groups is 1. The lowest BCUT2D eigenvalue weighted by molar-refractivity contribution is 0.444. The SMILES string of the molecule is C1=NC2CC2C=C1c1cc(-c2ccc(-c3cccnc3)cc2)c2ccc3cc(C4CCCCC4)cc4ccc1c2c43. The van der Waals surface area contributed by atoms with Gasteiger partial charge < -0.3 is 0 Å². The standard InChI is InChI=1S/C39H32N2/c1-2-5-24(6-3-1)30-17-27-12-14-33-35(26-10-8-25(9-11-26)29-7-4-16-40-22-29)21-36(32-19-31-20-37(31)41-23-32)34-15-13-28(18-30)38(27)39(33)34/h4,7-19,21-24,31,37H,1-3,5-6,20H2. The van der Waals surface area contributed by atoms with E-state index >= 15 is 0 Å². The van der Waals surface area contributed by atoms with Gasteiger partial charge in [0.1, 0.15) is 0 Å². The Hall–Kier alpha value is -4.30. The van der Waals surface area contributed by atoms with Crippen LogP contribution in [0.1, 0.15) is 55.6 Å². The summed E-state index contributed by atoms with van der Waals surface area (Å²) < 4.78 is 0. The summed E-state index contributed by atoms with van der Waals surface area (Å²) in [7, 11) is 0. The minimum absolute atomic E-state index is 0.510. The molecule has 41 heavy (non-hydrogen) atoms. The van der Waals surface area contributed by atoms with Crippen LogP contribution in [0.15, 0.2) is 102 Å². The second-order valence-electron chi connectivity index (χ2n) is 12.4. The molecule has 2 aliphatic carbocycles. The van der Waals surface area contributed by atoms with Gasteiger partial charge in [-0.2, -0.15) is 0 Å². The van der Waals surface area contributed by atoms with Crippen LogP contribution in [0.2, 0.25) is 0 Å². The van der Waals surface area contributed by atoms with Crippen molar-refractivity contribution in [2.24, 2.45) is 10.9 Å². The largest absolute Gasteiger partial charge is 0.289 e. The Labute approximate surface area is 240 Å². The lowest BCUT2D eigenvalue weighted by Gasteiger charge is -2.24. The molecule has 0 saturated heterocycles. The third kappa shape index (κ3) is 3.84. The van der Waals surface area contributed by atoms with Crippen molar-refractivity contribution >= 4 is 44.1 Å². The molecule has 2 heterocycles. The van der Waals surface area contributed by atoms with Gasteiger partial charge in [0.15, 0.2) is 0 Å². The van der Waals surface area contributed by atoms with Crippen LogP contribution in [0.3, 0.4) is 0 Å². The lowest BCUT2D eigenvalue weighted by Crippen LogP contribution is -2.04. The van der Waals surface area contributed by atoms with Crippen molar-refractivity contribution in [3.63, 3.8) is 0 Å². The second kappa shape index (κ2) is 9.11. The number of nitrogens with zero attached hydrogens (tertiary/aromatic N) is 2. The van der Waals surface area contributed by atoms with E-state index in [1.54, 1.807) is 0 Å². The molecule has 6 aromatic rings. The van der Waals surface area contributed by atoms with Crippen molar-refractivity contribution in [1.29, 1.82) is 0 Å². The molecule has 2 fully saturated rings. The van der Waals surface area contributed by atoms with Crippen LogP contribution in [-0.2, 0) is 0 Å². The van der Waals surface area contributed by atoms with Gasteiger partial charge in [0.05, 0.1) is 6.04 Å². The van der Waals surface area contributed by atoms with Crippen LogP contribution in [-0.4, -0.2) is 17.2 Å². The highest BCUT2D eigenvalue weighted by atomic mass is 14.9. The maximum atomic E-state index is 4.88. The molecule has 2 saturated carbocycles. The molecule has 1 aliphatic heterocycles. The highest BCUT2D eigenvalue weighted by Gasteiger charge is 2.37. The summed E-state index contributed by atoms with van der Waals surface area (Å²) in [6.07, 6.45) is 16.3. The van der Waals surface area contributed by atoms with Crippen LogP contribution in [0.4, 0.5) is 0 Å². The molecule has 0 N–H and O–H groups in total. The fourth-order valence-corrected chi connectivity index (χ4v) is 7.62. The molecule has 2 heteroatoms. The fraction of sp³-hybridized carbons (Fsp3) is 0.231. The maximum Gasteiger partial charge on any atom is 0.0569 e. The van der Waals surface area contributed by atoms with Crippen molar-refractivity contribution in [3.8, 4) is 22.3 Å². The first kappa shape index (κ1) is 23.4. The van der Waals surface area contributed by atoms with Crippen molar-refractivity contribution in [2.45, 2.75) is 50.5 Å². The molecule has 2 nitrogen and oxygen atoms in total. The van der Waals surface area contributed by atoms with Gasteiger partial charge in [-0.1, -0.05) is 92.1 Å². The topological polar surface area (TPSA) is 25.2 Å². The monoisotopic (exact) mass is 528 g/mol. The third-order valence-electron chi connectivity index (χ3n) is 9.92. The molecule has 1 aromatic heterocycles. The summed E-state index contributed by atoms with van der Waals surface area (Å²) in [4.78, 5) is 9.20. The van der Waals surface area contributed by atoms with Gasteiger partial charge in [-0.25, -0.2) is 0 Å². The smallest absolute Gasteiger partial charge is 0.0569 e. The molecule has 3 aliphatic rings. The van der Waals surface area contributed by atoms with Gasteiger partial charge in [0.2, 0.25) is 0 Å². The molecular weight excluding hydrogens is 496 g/mol. The summed E-state index contributed by atoms with van der Waals surface area (Å²) >= 11 is 0. The van der Waals surface area contributed by atoms with Gasteiger partial charge >= 0.3 is 0 Å². The summed E-state index contributed by atoms with van der Waals surface area (Å²) in [5, 5.41) is 8.24. The molecule has 9 rings (SSSR count). The van der Waals surface area contributed by atoms with E-state index in [9.17, 15) is 0 Å². The molecule has 0 amide bonds. The number of allylic oxidation sites excluding steroid dienone is 1. The van der Waals surface area contributed by atoms with E-state index in [1.807, 2.05) is 18.5 Å². The van der Waals surface area contributed by atoms with Crippen LogP contribution in [0.5, 0.6) is 0 Å². The summed E-state index contributed by atoms with van der Waals surface area (Å²) in [6, 6.07) is 30.6. The summed E-state index contributed by atoms with van der Waals surface area (Å²) in [5.74, 6) is 1.30. The number of dihydropyridines is 1. The number of hydrogen-bond acceptors (Lipinski definition) is 2. The Kier molecular flexibility index (Phi) is 5.20. The maximum absolute atomic E-state index is 4.88. The predicted octanol–water partition coefficient (Wildman–Crippen LogP) is 10.2. The number of aromatic nitrogens is 1. The Bertz CT molecular complexity index is 1970. The van der Waals surface area contributed by atoms with E-state index in [0.29, 0.717) is 17.9 Å². The Balaban J connectivity index is 1.28. The molecule has 2 atom stereocenters. The Morgan fingerprint density at radius 2 is 1.41 bits per heavy atom. The zero-order valence-corrected chi connectivity index (χ0v) is 23.2. The molecule has 5 aromatic carbocycles. The molecule has 198 valence electrons. The predicted molar refractivity (Wildman–Crippen MR) is 173 cm³/mol. The van der Waals surface area contributed by atoms with Gasteiger partial charge in [-0.15, -0.1) is 0 Å². The van der Waals surface area contributed by atoms with Crippen LogP contribution < -0.4 is 0 Å². The molecule has 0 radical (unpaired) electrons. The Morgan fingerprint density at radius 3 is 2.15 bits per heavy atom. The molecular formula is C39H32N2. The lowest BCUT2D eigenvalue weighted by atomic mass is 9.81. The van der Waals surface area contributed by atoms with Crippen LogP contribution in [0, 0.1) is 5.92 Å². The average Bonchev–Trinajstić information content (AvgIpc) is 3.83. The first-order chi connectivity index (χ1) is 20.3. The van der Waals surface area contributed by atoms with Crippen molar-refractivity contribution in [3.05, 3.63) is 108 Å². The quantitative estimate of drug-likeness (QED) is 0.209. The van der Waals surface area contributed by atoms with Gasteiger partial charge in [0.25, 0.3) is 0 Å². The average molecular weight is 529 g/mol. The zero-order chi connectivity index (χ0) is 26.9. The number of rotatable bonds is 4. The number of hydrogen-bond donors (Lipinski definition) is 0. The van der Waals surface area contributed by atoms with E-state index in [2.05, 4.69) is 90.1 Å². The Morgan fingerprint density at radius 1 is 0.659 bits per heavy atom. The molecule has 0 spiro atoms. The van der Waals surface area contributed by atoms with Gasteiger partial charge in [-0.05, 0) is 109 Å². The normalized spacial score (nSPS) is 20.5. The first-order valence-corrected chi connectivity index (χ1v) is 15.3. The number of benzene rings is 5. The zero-order valence-electron chi connectivity index (χ0n) is 23.2. The number of pyridine rings is 1. The molecule has 0 bridgehead atoms. The van der Waals surface area contributed by atoms with E-state index in [1.165, 1.54) is 104 Å².